The van der Waals surface area contributed by atoms with E-state index in [1.54, 1.807) is 30.5 Å². The molecule has 0 aliphatic rings. The van der Waals surface area contributed by atoms with Gasteiger partial charge >= 0.3 is 0 Å². The van der Waals surface area contributed by atoms with Gasteiger partial charge in [0, 0.05) is 12.3 Å². The summed E-state index contributed by atoms with van der Waals surface area (Å²) in [6.45, 7) is 11.2. The fraction of sp³-hybridized carbons (Fsp3) is 0.318. The normalized spacial score (nSPS) is 12.4. The van der Waals surface area contributed by atoms with Gasteiger partial charge in [-0.3, -0.25) is 4.79 Å². The van der Waals surface area contributed by atoms with Crippen LogP contribution in [0.4, 0.5) is 0 Å². The number of carbonyl (C=O) groups is 1. The van der Waals surface area contributed by atoms with E-state index in [4.69, 9.17) is 16.3 Å². The number of hydrogen-bond acceptors (Lipinski definition) is 6. The standard InChI is InChI=1S/C22H27ClN4O4SSi/c1-22(2,3)33(4,5)15-31-19-13-14-27(25-19)18-12-11-17(20(23)24-18)21(28)26-32(29,30)16-9-7-6-8-10-16/h6-14H,15H2,1-5H3,(H,26,28)/q-1. The first kappa shape index (κ1) is 24.9. The molecule has 0 unspecified atom stereocenters. The van der Waals surface area contributed by atoms with Crippen LogP contribution in [-0.4, -0.2) is 43.4 Å². The average Bonchev–Trinajstić information content (AvgIpc) is 3.21. The molecule has 33 heavy (non-hydrogen) atoms. The van der Waals surface area contributed by atoms with Crippen molar-refractivity contribution in [1.29, 1.82) is 0 Å². The molecule has 8 nitrogen and oxygen atoms in total. The number of rotatable bonds is 7. The van der Waals surface area contributed by atoms with E-state index in [9.17, 15) is 13.2 Å². The van der Waals surface area contributed by atoms with Crippen molar-refractivity contribution in [1.82, 2.24) is 19.5 Å². The van der Waals surface area contributed by atoms with Crippen LogP contribution in [-0.2, 0) is 10.0 Å². The van der Waals surface area contributed by atoms with Gasteiger partial charge in [0.25, 0.3) is 15.9 Å². The number of carbonyl (C=O) groups excluding carboxylic acids is 1. The highest BCUT2D eigenvalue weighted by Gasteiger charge is 2.25. The number of hydrogen-bond donors (Lipinski definition) is 1. The van der Waals surface area contributed by atoms with Gasteiger partial charge in [0.2, 0.25) is 5.88 Å². The number of sulfonamides is 1. The van der Waals surface area contributed by atoms with Crippen LogP contribution in [0.1, 0.15) is 31.1 Å². The van der Waals surface area contributed by atoms with Crippen LogP contribution >= 0.6 is 11.6 Å². The van der Waals surface area contributed by atoms with Crippen molar-refractivity contribution < 1.29 is 17.9 Å². The van der Waals surface area contributed by atoms with Crippen LogP contribution in [0.25, 0.3) is 5.82 Å². The molecule has 0 aliphatic carbocycles. The zero-order valence-corrected chi connectivity index (χ0v) is 21.7. The molecular formula is C22H27ClN4O4SSi-. The SMILES string of the molecule is CC(C)(C)[Si-](C)(C)COc1ccn(-c2ccc(C(=O)NS(=O)(=O)c3ccccc3)c(Cl)n2)n1. The van der Waals surface area contributed by atoms with Crippen LogP contribution in [0.5, 0.6) is 5.88 Å². The van der Waals surface area contributed by atoms with Gasteiger partial charge in [0.15, 0.2) is 5.82 Å². The fourth-order valence-corrected chi connectivity index (χ4v) is 4.70. The van der Waals surface area contributed by atoms with E-state index in [-0.39, 0.29) is 20.7 Å². The minimum absolute atomic E-state index is 0.0270. The Morgan fingerprint density at radius 2 is 1.79 bits per heavy atom. The molecule has 1 amide bonds. The van der Waals surface area contributed by atoms with Crippen molar-refractivity contribution in [2.45, 2.75) is 43.8 Å². The highest BCUT2D eigenvalue weighted by molar-refractivity contribution is 7.90. The maximum atomic E-state index is 12.5. The summed E-state index contributed by atoms with van der Waals surface area (Å²) < 4.78 is 34.2. The van der Waals surface area contributed by atoms with Crippen molar-refractivity contribution >= 4 is 35.6 Å². The second-order valence-corrected chi connectivity index (χ2v) is 16.9. The summed E-state index contributed by atoms with van der Waals surface area (Å²) in [6, 6.07) is 12.3. The van der Waals surface area contributed by atoms with E-state index in [1.807, 2.05) is 4.72 Å². The summed E-state index contributed by atoms with van der Waals surface area (Å²) in [7, 11) is -5.66. The quantitative estimate of drug-likeness (QED) is 0.374. The molecule has 2 aromatic heterocycles. The van der Waals surface area contributed by atoms with Crippen molar-refractivity contribution in [2.75, 3.05) is 6.23 Å². The molecule has 0 fully saturated rings. The molecule has 0 aliphatic heterocycles. The molecule has 0 bridgehead atoms. The molecule has 0 radical (unpaired) electrons. The number of nitrogens with zero attached hydrogens (tertiary/aromatic N) is 3. The molecule has 11 heteroatoms. The van der Waals surface area contributed by atoms with Crippen LogP contribution in [0.15, 0.2) is 59.6 Å². The summed E-state index contributed by atoms with van der Waals surface area (Å²) in [4.78, 5) is 16.7. The number of benzene rings is 1. The number of pyridine rings is 1. The van der Waals surface area contributed by atoms with Gasteiger partial charge in [-0.1, -0.05) is 50.6 Å². The molecule has 2 heterocycles. The second-order valence-electron chi connectivity index (χ2n) is 9.28. The third-order valence-corrected chi connectivity index (χ3v) is 12.3. The Morgan fingerprint density at radius 3 is 2.39 bits per heavy atom. The molecule has 177 valence electrons. The minimum Gasteiger partial charge on any atom is -0.511 e. The summed E-state index contributed by atoms with van der Waals surface area (Å²) in [5.41, 5.74) is -0.0681. The molecule has 1 aromatic carbocycles. The van der Waals surface area contributed by atoms with E-state index in [2.05, 4.69) is 43.9 Å². The van der Waals surface area contributed by atoms with E-state index in [0.717, 1.165) is 0 Å². The van der Waals surface area contributed by atoms with Gasteiger partial charge in [0.1, 0.15) is 5.15 Å². The Hall–Kier alpha value is -2.69. The first-order chi connectivity index (χ1) is 15.3. The van der Waals surface area contributed by atoms with Crippen molar-refractivity contribution in [3.63, 3.8) is 0 Å². The van der Waals surface area contributed by atoms with E-state index >= 15 is 0 Å². The molecule has 0 saturated carbocycles. The summed E-state index contributed by atoms with van der Waals surface area (Å²) >= 11 is 6.19. The predicted octanol–water partition coefficient (Wildman–Crippen LogP) is 4.47. The monoisotopic (exact) mass is 506 g/mol. The Kier molecular flexibility index (Phi) is 7.01. The third-order valence-electron chi connectivity index (χ3n) is 5.77. The Bertz CT molecular complexity index is 1250. The van der Waals surface area contributed by atoms with Crippen LogP contribution in [0.3, 0.4) is 0 Å². The molecule has 1 N–H and O–H groups in total. The third kappa shape index (κ3) is 5.81. The molecule has 3 aromatic rings. The summed E-state index contributed by atoms with van der Waals surface area (Å²) in [6.07, 6.45) is 2.30. The number of nitrogens with one attached hydrogen (secondary N) is 1. The number of halogens is 1. The lowest BCUT2D eigenvalue weighted by Gasteiger charge is -2.47. The lowest BCUT2D eigenvalue weighted by atomic mass is 10.2. The molecule has 0 spiro atoms. The van der Waals surface area contributed by atoms with Gasteiger partial charge < -0.3 is 4.74 Å². The van der Waals surface area contributed by atoms with Crippen LogP contribution in [0.2, 0.25) is 23.3 Å². The topological polar surface area (TPSA) is 103 Å². The largest absolute Gasteiger partial charge is 0.511 e. The zero-order valence-electron chi connectivity index (χ0n) is 19.2. The average molecular weight is 507 g/mol. The van der Waals surface area contributed by atoms with E-state index < -0.39 is 24.0 Å². The van der Waals surface area contributed by atoms with Gasteiger partial charge in [-0.15, -0.1) is 18.2 Å². The number of amides is 1. The Labute approximate surface area is 200 Å². The smallest absolute Gasteiger partial charge is 0.268 e. The van der Waals surface area contributed by atoms with Gasteiger partial charge in [0.05, 0.1) is 10.5 Å². The van der Waals surface area contributed by atoms with Crippen LogP contribution in [0, 0.1) is 0 Å². The maximum absolute atomic E-state index is 12.5. The molecule has 0 saturated heterocycles. The van der Waals surface area contributed by atoms with Gasteiger partial charge in [-0.05, 0) is 30.5 Å². The minimum atomic E-state index is -4.03. The van der Waals surface area contributed by atoms with Crippen molar-refractivity contribution in [2.24, 2.45) is 0 Å². The lowest BCUT2D eigenvalue weighted by Crippen LogP contribution is -2.43. The van der Waals surface area contributed by atoms with Gasteiger partial charge in [-0.25, -0.2) is 22.8 Å². The van der Waals surface area contributed by atoms with Crippen LogP contribution < -0.4 is 9.46 Å². The van der Waals surface area contributed by atoms with Gasteiger partial charge in [-0.2, -0.15) is 13.1 Å². The molecule has 3 rings (SSSR count). The Morgan fingerprint density at radius 1 is 1.12 bits per heavy atom. The zero-order chi connectivity index (χ0) is 24.4. The second kappa shape index (κ2) is 9.28. The predicted molar refractivity (Wildman–Crippen MR) is 130 cm³/mol. The first-order valence-corrected chi connectivity index (χ1v) is 15.3. The fourth-order valence-electron chi connectivity index (χ4n) is 2.54. The van der Waals surface area contributed by atoms with E-state index in [0.29, 0.717) is 17.9 Å². The first-order valence-electron chi connectivity index (χ1n) is 10.3. The summed E-state index contributed by atoms with van der Waals surface area (Å²) in [5, 5.41) is 4.42. The molecular weight excluding hydrogens is 480 g/mol. The Balaban J connectivity index is 1.73. The number of aromatic nitrogens is 3. The number of ether oxygens (including phenoxy) is 1. The highest BCUT2D eigenvalue weighted by atomic mass is 35.5. The van der Waals surface area contributed by atoms with Crippen molar-refractivity contribution in [3.8, 4) is 11.7 Å². The maximum Gasteiger partial charge on any atom is 0.268 e. The van der Waals surface area contributed by atoms with E-state index in [1.165, 1.54) is 28.9 Å². The summed E-state index contributed by atoms with van der Waals surface area (Å²) in [5.74, 6) is -0.0417. The highest BCUT2D eigenvalue weighted by Crippen LogP contribution is 2.36. The lowest BCUT2D eigenvalue weighted by molar-refractivity contribution is 0.0981. The van der Waals surface area contributed by atoms with Crippen molar-refractivity contribution in [3.05, 3.63) is 65.4 Å². The molecule has 0 atom stereocenters.